The predicted molar refractivity (Wildman–Crippen MR) is 311 cm³/mol. The normalized spacial score (nSPS) is 13.5. The first kappa shape index (κ1) is 70.2. The molecule has 0 amide bonds. The van der Waals surface area contributed by atoms with Crippen molar-refractivity contribution in [2.45, 2.75) is 251 Å². The van der Waals surface area contributed by atoms with Crippen LogP contribution in [-0.4, -0.2) is 82.3 Å². The predicted octanol–water partition coefficient (Wildman–Crippen LogP) is 16.4. The van der Waals surface area contributed by atoms with Gasteiger partial charge >= 0.3 is 11.9 Å². The molecule has 0 rings (SSSR count). The Hall–Kier alpha value is -3.79. The van der Waals surface area contributed by atoms with Crippen molar-refractivity contribution in [3.8, 4) is 0 Å². The molecule has 0 bridgehead atoms. The maximum absolute atomic E-state index is 12.8. The van der Waals surface area contributed by atoms with Crippen LogP contribution in [0.5, 0.6) is 0 Å². The third-order valence-electron chi connectivity index (χ3n) is 12.6. The van der Waals surface area contributed by atoms with E-state index in [0.29, 0.717) is 23.9 Å². The molecule has 0 aromatic heterocycles. The summed E-state index contributed by atoms with van der Waals surface area (Å²) in [7, 11) is 5.92. The fourth-order valence-electron chi connectivity index (χ4n) is 8.02. The molecule has 0 aromatic carbocycles. The number of carbonyl (C=O) groups is 3. The third-order valence-corrected chi connectivity index (χ3v) is 12.6. The van der Waals surface area contributed by atoms with Gasteiger partial charge in [-0.3, -0.25) is 9.59 Å². The van der Waals surface area contributed by atoms with Crippen LogP contribution in [0.4, 0.5) is 0 Å². The highest BCUT2D eigenvalue weighted by Crippen LogP contribution is 2.16. The number of carboxylic acid groups (broad SMARTS) is 1. The van der Waals surface area contributed by atoms with E-state index < -0.39 is 24.3 Å². The van der Waals surface area contributed by atoms with Crippen LogP contribution in [0, 0.1) is 0 Å². The maximum atomic E-state index is 12.8. The Kier molecular flexibility index (Phi) is 52.6. The molecule has 9 heteroatoms. The Morgan fingerprint density at radius 3 is 1.15 bits per heavy atom. The van der Waals surface area contributed by atoms with Gasteiger partial charge in [0, 0.05) is 12.8 Å². The maximum Gasteiger partial charge on any atom is 0.306 e. The van der Waals surface area contributed by atoms with Crippen LogP contribution in [0.2, 0.25) is 0 Å². The third kappa shape index (κ3) is 55.9. The Labute approximate surface area is 454 Å². The smallest absolute Gasteiger partial charge is 0.306 e. The van der Waals surface area contributed by atoms with E-state index in [1.54, 1.807) is 0 Å². The molecule has 0 aliphatic carbocycles. The van der Waals surface area contributed by atoms with Crippen LogP contribution in [0.1, 0.15) is 239 Å². The van der Waals surface area contributed by atoms with Crippen molar-refractivity contribution >= 4 is 17.9 Å². The molecule has 0 spiro atoms. The summed E-state index contributed by atoms with van der Waals surface area (Å²) in [6, 6.07) is 0. The van der Waals surface area contributed by atoms with Crippen LogP contribution in [0.3, 0.4) is 0 Å². The van der Waals surface area contributed by atoms with E-state index in [9.17, 15) is 19.5 Å². The topological polar surface area (TPSA) is 111 Å². The van der Waals surface area contributed by atoms with Crippen molar-refractivity contribution in [1.82, 2.24) is 0 Å². The molecule has 0 heterocycles. The average Bonchev–Trinajstić information content (AvgIpc) is 3.37. The number of esters is 2. The molecule has 2 atom stereocenters. The second-order valence-electron chi connectivity index (χ2n) is 20.9. The molecule has 0 fully saturated rings. The zero-order valence-electron chi connectivity index (χ0n) is 48.2. The fourth-order valence-corrected chi connectivity index (χ4v) is 8.02. The lowest BCUT2D eigenvalue weighted by Gasteiger charge is -2.26. The van der Waals surface area contributed by atoms with Crippen molar-refractivity contribution in [3.05, 3.63) is 97.2 Å². The van der Waals surface area contributed by atoms with Gasteiger partial charge in [0.05, 0.1) is 40.3 Å². The summed E-state index contributed by atoms with van der Waals surface area (Å²) in [5.41, 5.74) is 0. The Morgan fingerprint density at radius 1 is 0.419 bits per heavy atom. The monoisotopic (exact) mass is 1030 g/mol. The van der Waals surface area contributed by atoms with Crippen LogP contribution < -0.4 is 5.11 Å². The zero-order valence-corrected chi connectivity index (χ0v) is 48.2. The van der Waals surface area contributed by atoms with Crippen LogP contribution in [0.25, 0.3) is 0 Å². The highest BCUT2D eigenvalue weighted by Gasteiger charge is 2.22. The molecule has 424 valence electrons. The largest absolute Gasteiger partial charge is 0.545 e. The first-order chi connectivity index (χ1) is 36.1. The van der Waals surface area contributed by atoms with Gasteiger partial charge < -0.3 is 33.3 Å². The van der Waals surface area contributed by atoms with Crippen LogP contribution in [0.15, 0.2) is 97.2 Å². The van der Waals surface area contributed by atoms with E-state index in [-0.39, 0.29) is 32.2 Å². The second kappa shape index (κ2) is 55.4. The van der Waals surface area contributed by atoms with Gasteiger partial charge in [-0.15, -0.1) is 0 Å². The number of likely N-dealkylation sites (N-methyl/N-ethyl adjacent to an activating group) is 1. The van der Waals surface area contributed by atoms with E-state index >= 15 is 0 Å². The van der Waals surface area contributed by atoms with Gasteiger partial charge in [-0.25, -0.2) is 0 Å². The van der Waals surface area contributed by atoms with Crippen LogP contribution in [-0.2, 0) is 33.3 Å². The minimum absolute atomic E-state index is 0.145. The molecule has 74 heavy (non-hydrogen) atoms. The molecule has 0 aromatic rings. The summed E-state index contributed by atoms with van der Waals surface area (Å²) in [5.74, 6) is -2.28. The average molecular weight is 1030 g/mol. The number of quaternary nitrogens is 1. The number of ether oxygens (including phenoxy) is 4. The summed E-state index contributed by atoms with van der Waals surface area (Å²) in [4.78, 5) is 37.2. The number of rotatable bonds is 54. The first-order valence-electron chi connectivity index (χ1n) is 29.9. The van der Waals surface area contributed by atoms with Gasteiger partial charge in [-0.05, 0) is 77.0 Å². The summed E-state index contributed by atoms with van der Waals surface area (Å²) >= 11 is 0. The lowest BCUT2D eigenvalue weighted by atomic mass is 10.0. The van der Waals surface area contributed by atoms with Gasteiger partial charge in [0.1, 0.15) is 13.2 Å². The molecular formula is C65H111NO8. The minimum Gasteiger partial charge on any atom is -0.545 e. The molecule has 2 unspecified atom stereocenters. The van der Waals surface area contributed by atoms with Gasteiger partial charge in [-0.2, -0.15) is 0 Å². The van der Waals surface area contributed by atoms with Gasteiger partial charge in [0.25, 0.3) is 0 Å². The highest BCUT2D eigenvalue weighted by molar-refractivity contribution is 5.70. The van der Waals surface area contributed by atoms with E-state index in [1.165, 1.54) is 116 Å². The number of nitrogens with zero attached hydrogens (tertiary/aromatic N) is 1. The van der Waals surface area contributed by atoms with E-state index in [0.717, 1.165) is 89.9 Å². The summed E-state index contributed by atoms with van der Waals surface area (Å²) in [5, 5.41) is 11.8. The minimum atomic E-state index is -1.62. The second-order valence-corrected chi connectivity index (χ2v) is 20.9. The highest BCUT2D eigenvalue weighted by atomic mass is 16.7. The summed E-state index contributed by atoms with van der Waals surface area (Å²) < 4.78 is 22.7. The lowest BCUT2D eigenvalue weighted by Crippen LogP contribution is -2.44. The molecule has 0 aliphatic rings. The van der Waals surface area contributed by atoms with Crippen molar-refractivity contribution < 1.29 is 42.9 Å². The Morgan fingerprint density at radius 2 is 0.770 bits per heavy atom. The zero-order chi connectivity index (χ0) is 54.1. The van der Waals surface area contributed by atoms with E-state index in [2.05, 4.69) is 111 Å². The lowest BCUT2D eigenvalue weighted by molar-refractivity contribution is -0.870. The van der Waals surface area contributed by atoms with Crippen LogP contribution >= 0.6 is 0 Å². The van der Waals surface area contributed by atoms with Crippen molar-refractivity contribution in [3.63, 3.8) is 0 Å². The number of hydrogen-bond donors (Lipinski definition) is 0. The number of carbonyl (C=O) groups excluding carboxylic acids is 3. The number of aliphatic carboxylic acids is 1. The molecule has 0 radical (unpaired) electrons. The number of allylic oxidation sites excluding steroid dienone is 16. The van der Waals surface area contributed by atoms with E-state index in [1.807, 2.05) is 21.1 Å². The quantitative estimate of drug-likeness (QED) is 0.0195. The van der Waals surface area contributed by atoms with Crippen molar-refractivity contribution in [1.29, 1.82) is 0 Å². The fraction of sp³-hybridized carbons (Fsp3) is 0.708. The molecular weight excluding hydrogens is 923 g/mol. The van der Waals surface area contributed by atoms with E-state index in [4.69, 9.17) is 18.9 Å². The Balaban J connectivity index is 4.10. The van der Waals surface area contributed by atoms with Gasteiger partial charge in [0.2, 0.25) is 0 Å². The standard InChI is InChI=1S/C65H111NO8/c1-6-8-10-12-14-16-18-20-21-22-23-24-25-26-27-28-29-30-31-32-33-34-35-36-37-38-39-40-41-42-43-44-46-48-50-52-54-56-63(68)74-61(60-73-65(64(69)70)71-58-57-66(3,4)5)59-72-62(67)55-53-51-49-47-45-19-17-15-13-11-9-7-2/h8,10,14,16,20-21,23-24,26-27,29-30,32-33,35-36,61,65H,6-7,9,11-13,15,17-19,22,25,28,31,34,37-60H2,1-5H3/b10-8-,16-14-,21-20-,24-23-,27-26-,30-29-,33-32-,36-35-. The molecule has 0 aliphatic heterocycles. The van der Waals surface area contributed by atoms with Gasteiger partial charge in [0.15, 0.2) is 12.4 Å². The molecule has 0 N–H and O–H groups in total. The first-order valence-corrected chi connectivity index (χ1v) is 29.9. The number of hydrogen-bond acceptors (Lipinski definition) is 8. The number of unbranched alkanes of at least 4 members (excludes halogenated alkanes) is 23. The Bertz CT molecular complexity index is 1530. The molecule has 0 saturated carbocycles. The van der Waals surface area contributed by atoms with Crippen molar-refractivity contribution in [2.24, 2.45) is 0 Å². The molecule has 0 saturated heterocycles. The van der Waals surface area contributed by atoms with Crippen molar-refractivity contribution in [2.75, 3.05) is 47.5 Å². The molecule has 9 nitrogen and oxygen atoms in total. The SMILES string of the molecule is CC/C=C\C/C=C\C/C=C\C/C=C\C/C=C\C/C=C\C/C=C\C/C=C\CCCCCCCCCCCCCCC(=O)OC(COC(=O)CCCCCCCCCCCCCC)COC(OCC[N+](C)(C)C)C(=O)[O-]. The summed E-state index contributed by atoms with van der Waals surface area (Å²) in [6.45, 7) is 4.63. The number of carboxylic acids is 1. The van der Waals surface area contributed by atoms with Gasteiger partial charge in [-0.1, -0.05) is 246 Å². The summed E-state index contributed by atoms with van der Waals surface area (Å²) in [6.07, 6.45) is 71.8.